The first-order valence-electron chi connectivity index (χ1n) is 9.84. The van der Waals surface area contributed by atoms with Crippen molar-refractivity contribution in [3.05, 3.63) is 64.7 Å². The molecule has 0 saturated carbocycles. The Labute approximate surface area is 171 Å². The maximum Gasteiger partial charge on any atom is 0.325 e. The minimum Gasteiger partial charge on any atom is -0.325 e. The quantitative estimate of drug-likeness (QED) is 0.735. The van der Waals surface area contributed by atoms with Crippen LogP contribution in [0, 0.1) is 13.8 Å². The Hall–Kier alpha value is -3.15. The fraction of sp³-hybridized carbons (Fsp3) is 0.348. The van der Waals surface area contributed by atoms with Crippen LogP contribution >= 0.6 is 0 Å². The second kappa shape index (κ2) is 8.07. The van der Waals surface area contributed by atoms with E-state index in [1.54, 1.807) is 6.92 Å². The summed E-state index contributed by atoms with van der Waals surface area (Å²) < 4.78 is 0. The number of nitrogens with zero attached hydrogens (tertiary/aromatic N) is 1. The van der Waals surface area contributed by atoms with E-state index in [1.165, 1.54) is 5.56 Å². The molecule has 6 nitrogen and oxygen atoms in total. The third kappa shape index (κ3) is 4.31. The van der Waals surface area contributed by atoms with Gasteiger partial charge in [0.05, 0.1) is 0 Å². The lowest BCUT2D eigenvalue weighted by atomic mass is 9.91. The number of carbonyl (C=O) groups is 3. The highest BCUT2D eigenvalue weighted by Crippen LogP contribution is 2.29. The molecule has 152 valence electrons. The lowest BCUT2D eigenvalue weighted by Gasteiger charge is -2.22. The summed E-state index contributed by atoms with van der Waals surface area (Å²) in [4.78, 5) is 38.9. The van der Waals surface area contributed by atoms with Crippen LogP contribution in [0.3, 0.4) is 0 Å². The van der Waals surface area contributed by atoms with E-state index in [9.17, 15) is 14.4 Å². The van der Waals surface area contributed by atoms with E-state index in [2.05, 4.69) is 17.6 Å². The van der Waals surface area contributed by atoms with E-state index in [0.717, 1.165) is 28.9 Å². The third-order valence-electron chi connectivity index (χ3n) is 5.15. The summed E-state index contributed by atoms with van der Waals surface area (Å²) in [5, 5.41) is 5.51. The molecule has 0 unspecified atom stereocenters. The molecule has 1 aliphatic heterocycles. The minimum atomic E-state index is -1.18. The molecule has 1 fully saturated rings. The number of hydrogen-bond acceptors (Lipinski definition) is 3. The van der Waals surface area contributed by atoms with Crippen LogP contribution in [-0.4, -0.2) is 29.3 Å². The lowest BCUT2D eigenvalue weighted by molar-refractivity contribution is -0.133. The van der Waals surface area contributed by atoms with Crippen molar-refractivity contribution < 1.29 is 14.4 Å². The zero-order valence-corrected chi connectivity index (χ0v) is 17.3. The fourth-order valence-electron chi connectivity index (χ4n) is 3.72. The summed E-state index contributed by atoms with van der Waals surface area (Å²) >= 11 is 0. The topological polar surface area (TPSA) is 78.5 Å². The fourth-order valence-corrected chi connectivity index (χ4v) is 3.72. The molecule has 1 saturated heterocycles. The van der Waals surface area contributed by atoms with E-state index >= 15 is 0 Å². The molecule has 4 amide bonds. The number of benzene rings is 2. The van der Waals surface area contributed by atoms with Crippen molar-refractivity contribution in [1.29, 1.82) is 0 Å². The van der Waals surface area contributed by atoms with Crippen molar-refractivity contribution in [2.45, 2.75) is 46.1 Å². The summed E-state index contributed by atoms with van der Waals surface area (Å²) in [6.07, 6.45) is 2.00. The Bertz CT molecular complexity index is 932. The second-order valence-electron chi connectivity index (χ2n) is 7.82. The Morgan fingerprint density at radius 3 is 2.28 bits per heavy atom. The number of nitrogens with one attached hydrogen (secondary N) is 2. The molecule has 1 heterocycles. The smallest absolute Gasteiger partial charge is 0.325 e. The van der Waals surface area contributed by atoms with Gasteiger partial charge in [-0.25, -0.2) is 4.79 Å². The van der Waals surface area contributed by atoms with Gasteiger partial charge in [-0.15, -0.1) is 0 Å². The van der Waals surface area contributed by atoms with Gasteiger partial charge >= 0.3 is 6.03 Å². The number of rotatable bonds is 6. The zero-order valence-electron chi connectivity index (χ0n) is 17.3. The predicted molar refractivity (Wildman–Crippen MR) is 113 cm³/mol. The van der Waals surface area contributed by atoms with Gasteiger partial charge in [-0.3, -0.25) is 14.5 Å². The summed E-state index contributed by atoms with van der Waals surface area (Å²) in [5.41, 5.74) is 3.40. The van der Waals surface area contributed by atoms with Gasteiger partial charge in [-0.05, 0) is 61.6 Å². The molecule has 2 N–H and O–H groups in total. The molecular formula is C23H27N3O3. The van der Waals surface area contributed by atoms with Crippen LogP contribution < -0.4 is 10.6 Å². The van der Waals surface area contributed by atoms with E-state index in [4.69, 9.17) is 0 Å². The average Bonchev–Trinajstić information content (AvgIpc) is 2.86. The van der Waals surface area contributed by atoms with Gasteiger partial charge in [0, 0.05) is 5.69 Å². The zero-order chi connectivity index (χ0) is 21.2. The normalized spacial score (nSPS) is 18.7. The maximum absolute atomic E-state index is 13.0. The summed E-state index contributed by atoms with van der Waals surface area (Å²) in [7, 11) is 0. The predicted octanol–water partition coefficient (Wildman–Crippen LogP) is 3.66. The largest absolute Gasteiger partial charge is 0.325 e. The number of amides is 4. The van der Waals surface area contributed by atoms with Crippen LogP contribution in [0.15, 0.2) is 42.5 Å². The SMILES string of the molecule is CCCc1ccc([C@@]2(C)NC(=O)N(CC(=O)Nc3cc(C)cc(C)c3)C2=O)cc1. The van der Waals surface area contributed by atoms with Crippen LogP contribution in [0.4, 0.5) is 10.5 Å². The van der Waals surface area contributed by atoms with Crippen LogP contribution in [0.25, 0.3) is 0 Å². The van der Waals surface area contributed by atoms with Gasteiger partial charge in [0.1, 0.15) is 12.1 Å². The second-order valence-corrected chi connectivity index (χ2v) is 7.82. The molecule has 2 aromatic carbocycles. The molecular weight excluding hydrogens is 366 g/mol. The Morgan fingerprint density at radius 1 is 1.07 bits per heavy atom. The van der Waals surface area contributed by atoms with Crippen LogP contribution in [-0.2, 0) is 21.5 Å². The molecule has 2 aromatic rings. The van der Waals surface area contributed by atoms with Crippen LogP contribution in [0.1, 0.15) is 42.5 Å². The van der Waals surface area contributed by atoms with Gasteiger partial charge < -0.3 is 10.6 Å². The van der Waals surface area contributed by atoms with Crippen molar-refractivity contribution in [2.75, 3.05) is 11.9 Å². The summed E-state index contributed by atoms with van der Waals surface area (Å²) in [5.74, 6) is -0.845. The number of carbonyl (C=O) groups excluding carboxylic acids is 3. The van der Waals surface area contributed by atoms with E-state index < -0.39 is 23.4 Å². The van der Waals surface area contributed by atoms with Crippen molar-refractivity contribution in [3.8, 4) is 0 Å². The van der Waals surface area contributed by atoms with Crippen LogP contribution in [0.2, 0.25) is 0 Å². The molecule has 0 radical (unpaired) electrons. The molecule has 0 bridgehead atoms. The van der Waals surface area contributed by atoms with E-state index in [-0.39, 0.29) is 6.54 Å². The molecule has 29 heavy (non-hydrogen) atoms. The monoisotopic (exact) mass is 393 g/mol. The highest BCUT2D eigenvalue weighted by molar-refractivity contribution is 6.10. The highest BCUT2D eigenvalue weighted by atomic mass is 16.2. The van der Waals surface area contributed by atoms with Crippen LogP contribution in [0.5, 0.6) is 0 Å². The number of aryl methyl sites for hydroxylation is 3. The molecule has 1 aliphatic rings. The van der Waals surface area contributed by atoms with Gasteiger partial charge in [0.2, 0.25) is 5.91 Å². The third-order valence-corrected chi connectivity index (χ3v) is 5.15. The molecule has 0 aliphatic carbocycles. The first-order chi connectivity index (χ1) is 13.7. The molecule has 0 spiro atoms. The average molecular weight is 393 g/mol. The Balaban J connectivity index is 1.73. The molecule has 1 atom stereocenters. The highest BCUT2D eigenvalue weighted by Gasteiger charge is 2.49. The van der Waals surface area contributed by atoms with Gasteiger partial charge in [-0.2, -0.15) is 0 Å². The van der Waals surface area contributed by atoms with Gasteiger partial charge in [-0.1, -0.05) is 43.7 Å². The molecule has 3 rings (SSSR count). The Kier molecular flexibility index (Phi) is 5.73. The van der Waals surface area contributed by atoms with Gasteiger partial charge in [0.25, 0.3) is 5.91 Å². The first-order valence-corrected chi connectivity index (χ1v) is 9.84. The van der Waals surface area contributed by atoms with E-state index in [1.807, 2.05) is 56.3 Å². The summed E-state index contributed by atoms with van der Waals surface area (Å²) in [6.45, 7) is 7.33. The lowest BCUT2D eigenvalue weighted by Crippen LogP contribution is -2.42. The molecule has 6 heteroatoms. The number of anilines is 1. The summed E-state index contributed by atoms with van der Waals surface area (Å²) in [6, 6.07) is 12.8. The van der Waals surface area contributed by atoms with Crippen molar-refractivity contribution in [3.63, 3.8) is 0 Å². The number of imide groups is 1. The first kappa shape index (κ1) is 20.6. The van der Waals surface area contributed by atoms with Crippen molar-refractivity contribution in [1.82, 2.24) is 10.2 Å². The number of hydrogen-bond donors (Lipinski definition) is 2. The van der Waals surface area contributed by atoms with Crippen molar-refractivity contribution >= 4 is 23.5 Å². The Morgan fingerprint density at radius 2 is 1.69 bits per heavy atom. The maximum atomic E-state index is 13.0. The number of urea groups is 1. The minimum absolute atomic E-state index is 0.332. The standard InChI is InChI=1S/C23H27N3O3/c1-5-6-17-7-9-18(10-8-17)23(4)21(28)26(22(29)25-23)14-20(27)24-19-12-15(2)11-16(3)13-19/h7-13H,5-6,14H2,1-4H3,(H,24,27)(H,25,29)/t23-/m1/s1. The van der Waals surface area contributed by atoms with Gasteiger partial charge in [0.15, 0.2) is 0 Å². The molecule has 0 aromatic heterocycles. The van der Waals surface area contributed by atoms with Crippen molar-refractivity contribution in [2.24, 2.45) is 0 Å². The van der Waals surface area contributed by atoms with E-state index in [0.29, 0.717) is 11.3 Å².